The molecule has 0 aliphatic carbocycles. The molecule has 0 spiro atoms. The van der Waals surface area contributed by atoms with Crippen molar-refractivity contribution in [1.29, 1.82) is 0 Å². The minimum absolute atomic E-state index is 0.157. The van der Waals surface area contributed by atoms with Gasteiger partial charge in [0.05, 0.1) is 7.11 Å². The van der Waals surface area contributed by atoms with Crippen molar-refractivity contribution in [2.75, 3.05) is 60.6 Å². The summed E-state index contributed by atoms with van der Waals surface area (Å²) in [6.07, 6.45) is 3.18. The summed E-state index contributed by atoms with van der Waals surface area (Å²) < 4.78 is 9.67. The highest BCUT2D eigenvalue weighted by atomic mass is 16.5. The smallest absolute Gasteiger partial charge is 0.305 e. The summed E-state index contributed by atoms with van der Waals surface area (Å²) in [6, 6.07) is 0. The molecule has 0 unspecified atom stereocenters. The molecule has 7 heteroatoms. The van der Waals surface area contributed by atoms with Crippen LogP contribution in [-0.4, -0.2) is 77.4 Å². The Morgan fingerprint density at radius 1 is 1.13 bits per heavy atom. The van der Waals surface area contributed by atoms with Gasteiger partial charge in [0.1, 0.15) is 0 Å². The van der Waals surface area contributed by atoms with Gasteiger partial charge in [-0.25, -0.2) is 0 Å². The second-order valence-electron chi connectivity index (χ2n) is 5.37. The lowest BCUT2D eigenvalue weighted by molar-refractivity contribution is -0.140. The van der Waals surface area contributed by atoms with Crippen molar-refractivity contribution >= 4 is 11.9 Å². The minimum Gasteiger partial charge on any atom is -0.469 e. The van der Waals surface area contributed by atoms with E-state index in [-0.39, 0.29) is 5.97 Å². The van der Waals surface area contributed by atoms with Crippen LogP contribution in [0.25, 0.3) is 0 Å². The van der Waals surface area contributed by atoms with Crippen LogP contribution < -0.4 is 10.6 Å². The number of methoxy groups -OCH3 is 2. The molecular formula is C16H34N4O3. The number of esters is 1. The number of hydrogen-bond acceptors (Lipinski definition) is 5. The number of likely N-dealkylation sites (N-methyl/N-ethyl adjacent to an activating group) is 1. The van der Waals surface area contributed by atoms with Crippen LogP contribution >= 0.6 is 0 Å². The SMILES string of the molecule is CCNC(=NCCCCC(=O)OC)NCCN(C)CCCOC. The number of rotatable bonds is 13. The zero-order valence-corrected chi connectivity index (χ0v) is 15.2. The lowest BCUT2D eigenvalue weighted by Crippen LogP contribution is -2.41. The molecule has 0 fully saturated rings. The molecule has 0 amide bonds. The molecule has 0 aliphatic rings. The third kappa shape index (κ3) is 14.0. The van der Waals surface area contributed by atoms with Crippen molar-refractivity contribution in [3.63, 3.8) is 0 Å². The number of nitrogens with zero attached hydrogens (tertiary/aromatic N) is 2. The van der Waals surface area contributed by atoms with E-state index in [9.17, 15) is 4.79 Å². The second kappa shape index (κ2) is 15.6. The number of carbonyl (C=O) groups excluding carboxylic acids is 1. The molecule has 0 aromatic rings. The molecule has 0 aromatic heterocycles. The van der Waals surface area contributed by atoms with E-state index in [1.807, 2.05) is 6.92 Å². The fourth-order valence-electron chi connectivity index (χ4n) is 1.97. The summed E-state index contributed by atoms with van der Waals surface area (Å²) >= 11 is 0. The molecule has 23 heavy (non-hydrogen) atoms. The molecule has 0 aliphatic heterocycles. The summed E-state index contributed by atoms with van der Waals surface area (Å²) in [5.41, 5.74) is 0. The number of ether oxygens (including phenoxy) is 2. The quantitative estimate of drug-likeness (QED) is 0.226. The highest BCUT2D eigenvalue weighted by molar-refractivity contribution is 5.79. The molecule has 0 rings (SSSR count). The predicted molar refractivity (Wildman–Crippen MR) is 93.8 cm³/mol. The van der Waals surface area contributed by atoms with Gasteiger partial charge in [-0.1, -0.05) is 0 Å². The largest absolute Gasteiger partial charge is 0.469 e. The molecule has 0 saturated carbocycles. The first-order valence-corrected chi connectivity index (χ1v) is 8.40. The highest BCUT2D eigenvalue weighted by Crippen LogP contribution is 1.97. The van der Waals surface area contributed by atoms with E-state index in [1.165, 1.54) is 7.11 Å². The van der Waals surface area contributed by atoms with Crippen molar-refractivity contribution in [3.8, 4) is 0 Å². The van der Waals surface area contributed by atoms with E-state index in [4.69, 9.17) is 4.74 Å². The van der Waals surface area contributed by atoms with Crippen LogP contribution in [0.1, 0.15) is 32.6 Å². The van der Waals surface area contributed by atoms with Gasteiger partial charge < -0.3 is 25.0 Å². The van der Waals surface area contributed by atoms with Crippen LogP contribution in [0.2, 0.25) is 0 Å². The summed E-state index contributed by atoms with van der Waals surface area (Å²) in [5, 5.41) is 6.56. The lowest BCUT2D eigenvalue weighted by Gasteiger charge is -2.18. The first kappa shape index (κ1) is 21.7. The Balaban J connectivity index is 3.87. The third-order valence-electron chi connectivity index (χ3n) is 3.31. The maximum Gasteiger partial charge on any atom is 0.305 e. The molecule has 0 saturated heterocycles. The zero-order valence-electron chi connectivity index (χ0n) is 15.2. The van der Waals surface area contributed by atoms with E-state index in [0.717, 1.165) is 58.0 Å². The minimum atomic E-state index is -0.157. The molecule has 7 nitrogen and oxygen atoms in total. The maximum absolute atomic E-state index is 11.0. The molecule has 0 atom stereocenters. The monoisotopic (exact) mass is 330 g/mol. The normalized spacial score (nSPS) is 11.6. The van der Waals surface area contributed by atoms with Crippen molar-refractivity contribution in [1.82, 2.24) is 15.5 Å². The Hall–Kier alpha value is -1.34. The van der Waals surface area contributed by atoms with E-state index >= 15 is 0 Å². The summed E-state index contributed by atoms with van der Waals surface area (Å²) in [4.78, 5) is 17.8. The Labute approximate surface area is 140 Å². The Kier molecular flexibility index (Phi) is 14.6. The van der Waals surface area contributed by atoms with Gasteiger partial charge in [0.25, 0.3) is 0 Å². The van der Waals surface area contributed by atoms with E-state index in [2.05, 4.69) is 32.3 Å². The average Bonchev–Trinajstić information content (AvgIpc) is 2.54. The molecular weight excluding hydrogens is 296 g/mol. The number of nitrogens with one attached hydrogen (secondary N) is 2. The number of aliphatic imine (C=N–C) groups is 1. The molecule has 0 heterocycles. The zero-order chi connectivity index (χ0) is 17.3. The van der Waals surface area contributed by atoms with E-state index in [1.54, 1.807) is 7.11 Å². The van der Waals surface area contributed by atoms with Gasteiger partial charge in [0.15, 0.2) is 5.96 Å². The van der Waals surface area contributed by atoms with Crippen molar-refractivity contribution in [2.45, 2.75) is 32.6 Å². The first-order chi connectivity index (χ1) is 11.1. The number of guanidine groups is 1. The first-order valence-electron chi connectivity index (χ1n) is 8.40. The molecule has 0 bridgehead atoms. The fourth-order valence-corrected chi connectivity index (χ4v) is 1.97. The van der Waals surface area contributed by atoms with Crippen molar-refractivity contribution in [2.24, 2.45) is 4.99 Å². The predicted octanol–water partition coefficient (Wildman–Crippen LogP) is 0.853. The van der Waals surface area contributed by atoms with E-state index < -0.39 is 0 Å². The maximum atomic E-state index is 11.0. The van der Waals surface area contributed by atoms with Gasteiger partial charge in [-0.15, -0.1) is 0 Å². The van der Waals surface area contributed by atoms with Crippen molar-refractivity contribution in [3.05, 3.63) is 0 Å². The summed E-state index contributed by atoms with van der Waals surface area (Å²) in [6.45, 7) is 7.21. The Morgan fingerprint density at radius 3 is 2.57 bits per heavy atom. The van der Waals surface area contributed by atoms with Gasteiger partial charge >= 0.3 is 5.97 Å². The van der Waals surface area contributed by atoms with Gasteiger partial charge in [0, 0.05) is 52.9 Å². The standard InChI is InChI=1S/C16H34N4O3/c1-5-17-16(18-10-7-6-9-15(21)23-4)19-11-13-20(2)12-8-14-22-3/h5-14H2,1-4H3,(H2,17,18,19). The van der Waals surface area contributed by atoms with Gasteiger partial charge in [-0.05, 0) is 33.2 Å². The second-order valence-corrected chi connectivity index (χ2v) is 5.37. The van der Waals surface area contributed by atoms with Crippen LogP contribution in [0.3, 0.4) is 0 Å². The molecule has 0 radical (unpaired) electrons. The summed E-state index contributed by atoms with van der Waals surface area (Å²) in [7, 11) is 5.25. The number of carbonyl (C=O) groups is 1. The Bertz CT molecular complexity index is 324. The number of hydrogen-bond donors (Lipinski definition) is 2. The van der Waals surface area contributed by atoms with Gasteiger partial charge in [-0.3, -0.25) is 9.79 Å². The van der Waals surface area contributed by atoms with Gasteiger partial charge in [0.2, 0.25) is 0 Å². The van der Waals surface area contributed by atoms with Gasteiger partial charge in [-0.2, -0.15) is 0 Å². The van der Waals surface area contributed by atoms with E-state index in [0.29, 0.717) is 13.0 Å². The van der Waals surface area contributed by atoms with Crippen LogP contribution in [0.4, 0.5) is 0 Å². The Morgan fingerprint density at radius 2 is 1.91 bits per heavy atom. The fraction of sp³-hybridized carbons (Fsp3) is 0.875. The summed E-state index contributed by atoms with van der Waals surface area (Å²) in [5.74, 6) is 0.673. The molecule has 0 aromatic carbocycles. The number of unbranched alkanes of at least 4 members (excludes halogenated alkanes) is 1. The highest BCUT2D eigenvalue weighted by Gasteiger charge is 2.01. The van der Waals surface area contributed by atoms with Crippen LogP contribution in [0.15, 0.2) is 4.99 Å². The molecule has 2 N–H and O–H groups in total. The lowest BCUT2D eigenvalue weighted by atomic mass is 10.2. The topological polar surface area (TPSA) is 75.2 Å². The van der Waals surface area contributed by atoms with Crippen LogP contribution in [-0.2, 0) is 14.3 Å². The average molecular weight is 330 g/mol. The van der Waals surface area contributed by atoms with Crippen LogP contribution in [0.5, 0.6) is 0 Å². The van der Waals surface area contributed by atoms with Crippen molar-refractivity contribution < 1.29 is 14.3 Å². The molecule has 136 valence electrons. The third-order valence-corrected chi connectivity index (χ3v) is 3.31. The van der Waals surface area contributed by atoms with Crippen LogP contribution in [0, 0.1) is 0 Å².